The lowest BCUT2D eigenvalue weighted by Crippen LogP contribution is -2.49. The van der Waals surface area contributed by atoms with Crippen LogP contribution in [0.15, 0.2) is 36.8 Å². The van der Waals surface area contributed by atoms with Crippen molar-refractivity contribution in [1.29, 1.82) is 0 Å². The Morgan fingerprint density at radius 2 is 2.04 bits per heavy atom. The average Bonchev–Trinajstić information content (AvgIpc) is 3.45. The zero-order valence-electron chi connectivity index (χ0n) is 16.9. The van der Waals surface area contributed by atoms with E-state index in [1.165, 1.54) is 61.9 Å². The number of para-hydroxylation sites is 1. The maximum Gasteiger partial charge on any atom is 0.0952 e. The van der Waals surface area contributed by atoms with Crippen LogP contribution in [0.3, 0.4) is 0 Å². The fraction of sp³-hybridized carbons (Fsp3) is 0.609. The van der Waals surface area contributed by atoms with Crippen molar-refractivity contribution < 1.29 is 0 Å². The van der Waals surface area contributed by atoms with Gasteiger partial charge < -0.3 is 9.47 Å². The number of hydrogen-bond donors (Lipinski definition) is 1. The number of fused-ring (bicyclic) bond motifs is 1. The minimum Gasteiger partial charge on any atom is -0.350 e. The van der Waals surface area contributed by atoms with Gasteiger partial charge in [0.1, 0.15) is 0 Å². The molecule has 0 bridgehead atoms. The Hall–Kier alpha value is -1.81. The van der Waals surface area contributed by atoms with Gasteiger partial charge in [0.15, 0.2) is 0 Å². The maximum atomic E-state index is 4.71. The molecule has 1 N–H and O–H groups in total. The molecule has 27 heavy (non-hydrogen) atoms. The standard InChI is InChI=1S/C23H34N4/c1-3-7-18(4-2)10-13-23-24-14-19-8-5-6-9-22(19)27(23)16-20-15-26(17-25-20)21-11-12-21/h5-6,8-9,15,17-18,21,23-24H,3-4,7,10-14,16H2,1-2H3. The Morgan fingerprint density at radius 3 is 2.81 bits per heavy atom. The molecule has 0 spiro atoms. The van der Waals surface area contributed by atoms with Gasteiger partial charge in [-0.2, -0.15) is 0 Å². The van der Waals surface area contributed by atoms with Gasteiger partial charge in [-0.05, 0) is 43.2 Å². The first-order chi connectivity index (χ1) is 13.3. The van der Waals surface area contributed by atoms with Gasteiger partial charge in [-0.1, -0.05) is 51.3 Å². The SMILES string of the molecule is CCCC(CC)CCC1NCc2ccccc2N1Cc1cn(C2CC2)cn1. The van der Waals surface area contributed by atoms with Crippen LogP contribution in [0.4, 0.5) is 5.69 Å². The molecule has 1 fully saturated rings. The maximum absolute atomic E-state index is 4.71. The molecular weight excluding hydrogens is 332 g/mol. The minimum atomic E-state index is 0.400. The van der Waals surface area contributed by atoms with E-state index in [0.29, 0.717) is 12.2 Å². The number of benzene rings is 1. The lowest BCUT2D eigenvalue weighted by Gasteiger charge is -2.40. The Bertz CT molecular complexity index is 733. The van der Waals surface area contributed by atoms with Crippen molar-refractivity contribution in [2.45, 2.75) is 84.1 Å². The fourth-order valence-corrected chi connectivity index (χ4v) is 4.46. The van der Waals surface area contributed by atoms with Gasteiger partial charge in [0, 0.05) is 24.5 Å². The summed E-state index contributed by atoms with van der Waals surface area (Å²) in [5.74, 6) is 0.852. The van der Waals surface area contributed by atoms with Gasteiger partial charge in [0.2, 0.25) is 0 Å². The molecule has 2 unspecified atom stereocenters. The molecule has 2 aromatic rings. The number of imidazole rings is 1. The summed E-state index contributed by atoms with van der Waals surface area (Å²) in [5.41, 5.74) is 3.97. The Labute approximate surface area is 164 Å². The Balaban J connectivity index is 1.50. The van der Waals surface area contributed by atoms with Gasteiger partial charge in [-0.25, -0.2) is 4.98 Å². The summed E-state index contributed by atoms with van der Waals surface area (Å²) in [4.78, 5) is 7.27. The second-order valence-electron chi connectivity index (χ2n) is 8.34. The van der Waals surface area contributed by atoms with E-state index in [0.717, 1.165) is 19.0 Å². The highest BCUT2D eigenvalue weighted by atomic mass is 15.3. The van der Waals surface area contributed by atoms with E-state index < -0.39 is 0 Å². The molecule has 1 saturated carbocycles. The molecule has 4 nitrogen and oxygen atoms in total. The van der Waals surface area contributed by atoms with Gasteiger partial charge >= 0.3 is 0 Å². The van der Waals surface area contributed by atoms with E-state index in [1.807, 2.05) is 6.33 Å². The third kappa shape index (κ3) is 4.37. The third-order valence-corrected chi connectivity index (χ3v) is 6.28. The molecule has 1 aromatic carbocycles. The van der Waals surface area contributed by atoms with E-state index in [2.05, 4.69) is 59.1 Å². The van der Waals surface area contributed by atoms with Crippen molar-refractivity contribution in [2.75, 3.05) is 4.90 Å². The first kappa shape index (κ1) is 18.5. The average molecular weight is 367 g/mol. The van der Waals surface area contributed by atoms with Crippen LogP contribution in [-0.4, -0.2) is 15.7 Å². The first-order valence-electron chi connectivity index (χ1n) is 10.9. The third-order valence-electron chi connectivity index (χ3n) is 6.28. The van der Waals surface area contributed by atoms with Gasteiger partial charge in [-0.3, -0.25) is 5.32 Å². The van der Waals surface area contributed by atoms with Crippen molar-refractivity contribution in [3.05, 3.63) is 48.0 Å². The van der Waals surface area contributed by atoms with E-state index in [1.54, 1.807) is 0 Å². The molecule has 4 rings (SSSR count). The Morgan fingerprint density at radius 1 is 1.19 bits per heavy atom. The molecule has 0 amide bonds. The van der Waals surface area contributed by atoms with Crippen LogP contribution in [0, 0.1) is 5.92 Å². The molecule has 1 aliphatic carbocycles. The normalized spacial score (nSPS) is 20.5. The predicted molar refractivity (Wildman–Crippen MR) is 112 cm³/mol. The molecule has 1 aliphatic heterocycles. The topological polar surface area (TPSA) is 33.1 Å². The number of nitrogens with zero attached hydrogens (tertiary/aromatic N) is 3. The van der Waals surface area contributed by atoms with Crippen LogP contribution >= 0.6 is 0 Å². The molecule has 2 atom stereocenters. The van der Waals surface area contributed by atoms with Crippen LogP contribution in [0.2, 0.25) is 0 Å². The van der Waals surface area contributed by atoms with Crippen LogP contribution < -0.4 is 10.2 Å². The van der Waals surface area contributed by atoms with Crippen LogP contribution in [0.1, 0.15) is 76.1 Å². The van der Waals surface area contributed by atoms with Crippen LogP contribution in [-0.2, 0) is 13.1 Å². The summed E-state index contributed by atoms with van der Waals surface area (Å²) in [5, 5.41) is 3.80. The van der Waals surface area contributed by atoms with Gasteiger partial charge in [0.05, 0.1) is 24.7 Å². The van der Waals surface area contributed by atoms with Gasteiger partial charge in [0.25, 0.3) is 0 Å². The van der Waals surface area contributed by atoms with Crippen molar-refractivity contribution in [3.8, 4) is 0 Å². The highest BCUT2D eigenvalue weighted by Crippen LogP contribution is 2.35. The molecule has 2 heterocycles. The summed E-state index contributed by atoms with van der Waals surface area (Å²) in [6.45, 7) is 6.50. The first-order valence-corrected chi connectivity index (χ1v) is 10.9. The smallest absolute Gasteiger partial charge is 0.0952 e. The molecule has 4 heteroatoms. The van der Waals surface area contributed by atoms with E-state index in [9.17, 15) is 0 Å². The lowest BCUT2D eigenvalue weighted by molar-refractivity contribution is 0.354. The molecular formula is C23H34N4. The number of nitrogens with one attached hydrogen (secondary N) is 1. The van der Waals surface area contributed by atoms with Crippen LogP contribution in [0.5, 0.6) is 0 Å². The predicted octanol–water partition coefficient (Wildman–Crippen LogP) is 5.26. The number of aromatic nitrogens is 2. The molecule has 2 aliphatic rings. The molecule has 0 saturated heterocycles. The number of rotatable bonds is 9. The highest BCUT2D eigenvalue weighted by Gasteiger charge is 2.28. The van der Waals surface area contributed by atoms with E-state index in [4.69, 9.17) is 4.98 Å². The summed E-state index contributed by atoms with van der Waals surface area (Å²) >= 11 is 0. The summed E-state index contributed by atoms with van der Waals surface area (Å²) in [6.07, 6.45) is 13.8. The zero-order chi connectivity index (χ0) is 18.6. The van der Waals surface area contributed by atoms with Crippen molar-refractivity contribution in [2.24, 2.45) is 5.92 Å². The fourth-order valence-electron chi connectivity index (χ4n) is 4.46. The largest absolute Gasteiger partial charge is 0.350 e. The minimum absolute atomic E-state index is 0.400. The number of hydrogen-bond acceptors (Lipinski definition) is 3. The van der Waals surface area contributed by atoms with Crippen molar-refractivity contribution in [3.63, 3.8) is 0 Å². The van der Waals surface area contributed by atoms with Crippen LogP contribution in [0.25, 0.3) is 0 Å². The highest BCUT2D eigenvalue weighted by molar-refractivity contribution is 5.56. The Kier molecular flexibility index (Phi) is 5.82. The van der Waals surface area contributed by atoms with E-state index >= 15 is 0 Å². The van der Waals surface area contributed by atoms with Gasteiger partial charge in [-0.15, -0.1) is 0 Å². The quantitative estimate of drug-likeness (QED) is 0.657. The monoisotopic (exact) mass is 366 g/mol. The summed E-state index contributed by atoms with van der Waals surface area (Å²) < 4.78 is 2.31. The summed E-state index contributed by atoms with van der Waals surface area (Å²) in [6, 6.07) is 9.55. The van der Waals surface area contributed by atoms with Crippen molar-refractivity contribution in [1.82, 2.24) is 14.9 Å². The lowest BCUT2D eigenvalue weighted by atomic mass is 9.93. The zero-order valence-corrected chi connectivity index (χ0v) is 16.9. The second-order valence-corrected chi connectivity index (χ2v) is 8.34. The second kappa shape index (κ2) is 8.47. The molecule has 1 aromatic heterocycles. The molecule has 0 radical (unpaired) electrons. The van der Waals surface area contributed by atoms with E-state index in [-0.39, 0.29) is 0 Å². The number of anilines is 1. The summed E-state index contributed by atoms with van der Waals surface area (Å²) in [7, 11) is 0. The molecule has 146 valence electrons. The van der Waals surface area contributed by atoms with Crippen molar-refractivity contribution >= 4 is 5.69 Å².